The summed E-state index contributed by atoms with van der Waals surface area (Å²) in [6, 6.07) is 3.49. The van der Waals surface area contributed by atoms with Gasteiger partial charge >= 0.3 is 0 Å². The number of nitrogens with zero attached hydrogens (tertiary/aromatic N) is 1. The molecule has 1 amide bonds. The lowest BCUT2D eigenvalue weighted by Crippen LogP contribution is -2.25. The zero-order valence-electron chi connectivity index (χ0n) is 10.1. The first-order valence-electron chi connectivity index (χ1n) is 5.74. The second-order valence-corrected chi connectivity index (χ2v) is 4.68. The number of benzene rings is 1. The second-order valence-electron chi connectivity index (χ2n) is 4.68. The van der Waals surface area contributed by atoms with E-state index in [-0.39, 0.29) is 24.2 Å². The van der Waals surface area contributed by atoms with Crippen LogP contribution in [0.2, 0.25) is 0 Å². The molecule has 0 aliphatic carbocycles. The van der Waals surface area contributed by atoms with Crippen molar-refractivity contribution in [2.24, 2.45) is 5.92 Å². The number of rotatable bonds is 2. The number of carbonyl (C=O) groups is 1. The summed E-state index contributed by atoms with van der Waals surface area (Å²) in [6.45, 7) is 4.27. The van der Waals surface area contributed by atoms with Crippen LogP contribution in [0.25, 0.3) is 0 Å². The van der Waals surface area contributed by atoms with E-state index < -0.39 is 0 Å². The Morgan fingerprint density at radius 3 is 2.65 bits per heavy atom. The molecule has 0 spiro atoms. The van der Waals surface area contributed by atoms with E-state index in [9.17, 15) is 9.90 Å². The molecular formula is C13H17NO3. The molecule has 1 aliphatic rings. The highest BCUT2D eigenvalue weighted by molar-refractivity contribution is 5.96. The average Bonchev–Trinajstić information content (AvgIpc) is 2.65. The van der Waals surface area contributed by atoms with E-state index in [1.165, 1.54) is 0 Å². The number of aryl methyl sites for hydroxylation is 2. The van der Waals surface area contributed by atoms with E-state index in [4.69, 9.17) is 5.11 Å². The Hall–Kier alpha value is -1.55. The van der Waals surface area contributed by atoms with E-state index in [1.54, 1.807) is 11.0 Å². The number of phenols is 1. The van der Waals surface area contributed by atoms with Crippen LogP contribution < -0.4 is 4.90 Å². The number of hydrogen-bond acceptors (Lipinski definition) is 3. The fourth-order valence-electron chi connectivity index (χ4n) is 2.21. The molecule has 2 rings (SSSR count). The van der Waals surface area contributed by atoms with E-state index >= 15 is 0 Å². The molecule has 0 radical (unpaired) electrons. The minimum absolute atomic E-state index is 0.0241. The fourth-order valence-corrected chi connectivity index (χ4v) is 2.21. The minimum atomic E-state index is 0.0241. The Balaban J connectivity index is 2.35. The first kappa shape index (κ1) is 11.9. The molecule has 0 bridgehead atoms. The smallest absolute Gasteiger partial charge is 0.227 e. The number of amides is 1. The fraction of sp³-hybridized carbons (Fsp3) is 0.462. The molecule has 4 heteroatoms. The van der Waals surface area contributed by atoms with Crippen LogP contribution in [-0.2, 0) is 4.79 Å². The molecule has 2 N–H and O–H groups in total. The van der Waals surface area contributed by atoms with Crippen molar-refractivity contribution in [2.45, 2.75) is 20.3 Å². The summed E-state index contributed by atoms with van der Waals surface area (Å²) in [7, 11) is 0. The van der Waals surface area contributed by atoms with Crippen molar-refractivity contribution in [3.8, 4) is 5.75 Å². The average molecular weight is 235 g/mol. The van der Waals surface area contributed by atoms with Crippen LogP contribution in [0.5, 0.6) is 5.75 Å². The van der Waals surface area contributed by atoms with Gasteiger partial charge in [0.05, 0.1) is 0 Å². The van der Waals surface area contributed by atoms with Gasteiger partial charge in [0.1, 0.15) is 5.75 Å². The Morgan fingerprint density at radius 2 is 2.06 bits per heavy atom. The summed E-state index contributed by atoms with van der Waals surface area (Å²) in [6.07, 6.45) is 0.399. The summed E-state index contributed by atoms with van der Waals surface area (Å²) >= 11 is 0. The van der Waals surface area contributed by atoms with Crippen LogP contribution in [0.3, 0.4) is 0 Å². The van der Waals surface area contributed by atoms with Gasteiger partial charge in [0.25, 0.3) is 0 Å². The number of aromatic hydroxyl groups is 1. The van der Waals surface area contributed by atoms with Crippen LogP contribution in [-0.4, -0.2) is 29.3 Å². The predicted octanol–water partition coefficient (Wildman–Crippen LogP) is 1.35. The van der Waals surface area contributed by atoms with Gasteiger partial charge in [-0.15, -0.1) is 0 Å². The lowest BCUT2D eigenvalue weighted by atomic mass is 10.1. The highest BCUT2D eigenvalue weighted by atomic mass is 16.3. The van der Waals surface area contributed by atoms with Crippen molar-refractivity contribution in [3.05, 3.63) is 23.3 Å². The van der Waals surface area contributed by atoms with E-state index in [2.05, 4.69) is 0 Å². The molecule has 0 saturated carbocycles. The third-order valence-electron chi connectivity index (χ3n) is 3.27. The summed E-state index contributed by atoms with van der Waals surface area (Å²) in [5.41, 5.74) is 2.46. The number of hydrogen-bond donors (Lipinski definition) is 2. The third kappa shape index (κ3) is 2.13. The zero-order chi connectivity index (χ0) is 12.6. The van der Waals surface area contributed by atoms with Crippen molar-refractivity contribution >= 4 is 11.6 Å². The van der Waals surface area contributed by atoms with Crippen molar-refractivity contribution in [1.29, 1.82) is 0 Å². The van der Waals surface area contributed by atoms with Gasteiger partial charge in [-0.2, -0.15) is 0 Å². The van der Waals surface area contributed by atoms with Gasteiger partial charge in [0.2, 0.25) is 5.91 Å². The predicted molar refractivity (Wildman–Crippen MR) is 65.1 cm³/mol. The maximum Gasteiger partial charge on any atom is 0.227 e. The van der Waals surface area contributed by atoms with Crippen molar-refractivity contribution < 1.29 is 15.0 Å². The monoisotopic (exact) mass is 235 g/mol. The Kier molecular flexibility index (Phi) is 3.07. The summed E-state index contributed by atoms with van der Waals surface area (Å²) in [5, 5.41) is 18.7. The molecule has 1 aromatic carbocycles. The van der Waals surface area contributed by atoms with Gasteiger partial charge in [-0.05, 0) is 37.1 Å². The quantitative estimate of drug-likeness (QED) is 0.813. The zero-order valence-corrected chi connectivity index (χ0v) is 10.1. The lowest BCUT2D eigenvalue weighted by Gasteiger charge is -2.20. The third-order valence-corrected chi connectivity index (χ3v) is 3.27. The molecule has 1 aromatic rings. The topological polar surface area (TPSA) is 60.8 Å². The van der Waals surface area contributed by atoms with Crippen molar-refractivity contribution in [2.75, 3.05) is 18.1 Å². The minimum Gasteiger partial charge on any atom is -0.508 e. The number of aliphatic hydroxyl groups is 1. The van der Waals surface area contributed by atoms with Gasteiger partial charge in [0.15, 0.2) is 0 Å². The molecule has 1 saturated heterocycles. The first-order valence-corrected chi connectivity index (χ1v) is 5.74. The number of phenolic OH excluding ortho intramolecular Hbond substituents is 1. The van der Waals surface area contributed by atoms with Gasteiger partial charge < -0.3 is 15.1 Å². The molecule has 1 aliphatic heterocycles. The Morgan fingerprint density at radius 1 is 1.35 bits per heavy atom. The summed E-state index contributed by atoms with van der Waals surface area (Å²) in [5.74, 6) is 0.310. The van der Waals surface area contributed by atoms with Gasteiger partial charge in [0, 0.05) is 31.2 Å². The van der Waals surface area contributed by atoms with E-state index in [0.717, 1.165) is 16.8 Å². The number of aliphatic hydroxyl groups excluding tert-OH is 1. The Bertz CT molecular complexity index is 456. The Labute approximate surface area is 100 Å². The van der Waals surface area contributed by atoms with Crippen molar-refractivity contribution in [1.82, 2.24) is 0 Å². The maximum absolute atomic E-state index is 11.8. The van der Waals surface area contributed by atoms with Crippen LogP contribution in [0.15, 0.2) is 12.1 Å². The van der Waals surface area contributed by atoms with E-state index in [1.807, 2.05) is 19.9 Å². The molecular weight excluding hydrogens is 218 g/mol. The highest BCUT2D eigenvalue weighted by Crippen LogP contribution is 2.31. The van der Waals surface area contributed by atoms with Crippen LogP contribution in [0.4, 0.5) is 5.69 Å². The van der Waals surface area contributed by atoms with E-state index in [0.29, 0.717) is 13.0 Å². The maximum atomic E-state index is 11.8. The largest absolute Gasteiger partial charge is 0.508 e. The molecule has 17 heavy (non-hydrogen) atoms. The second kappa shape index (κ2) is 4.37. The van der Waals surface area contributed by atoms with Crippen LogP contribution in [0.1, 0.15) is 17.5 Å². The summed E-state index contributed by atoms with van der Waals surface area (Å²) < 4.78 is 0. The lowest BCUT2D eigenvalue weighted by molar-refractivity contribution is -0.117. The SMILES string of the molecule is Cc1cc(N2CC(CO)CC2=O)c(C)cc1O. The van der Waals surface area contributed by atoms with Gasteiger partial charge in [-0.25, -0.2) is 0 Å². The molecule has 1 heterocycles. The number of carbonyl (C=O) groups excluding carboxylic acids is 1. The molecule has 4 nitrogen and oxygen atoms in total. The molecule has 0 aromatic heterocycles. The first-order chi connectivity index (χ1) is 8.02. The highest BCUT2D eigenvalue weighted by Gasteiger charge is 2.30. The molecule has 1 unspecified atom stereocenters. The van der Waals surface area contributed by atoms with Crippen molar-refractivity contribution in [3.63, 3.8) is 0 Å². The molecule has 92 valence electrons. The summed E-state index contributed by atoms with van der Waals surface area (Å²) in [4.78, 5) is 13.5. The van der Waals surface area contributed by atoms with Gasteiger partial charge in [-0.3, -0.25) is 4.79 Å². The van der Waals surface area contributed by atoms with Gasteiger partial charge in [-0.1, -0.05) is 0 Å². The number of anilines is 1. The normalized spacial score (nSPS) is 20.1. The van der Waals surface area contributed by atoms with Crippen LogP contribution in [0, 0.1) is 19.8 Å². The molecule has 1 atom stereocenters. The van der Waals surface area contributed by atoms with Crippen LogP contribution >= 0.6 is 0 Å². The molecule has 1 fully saturated rings. The standard InChI is InChI=1S/C13H17NO3/c1-8-4-12(16)9(2)3-11(8)14-6-10(7-15)5-13(14)17/h3-4,10,15-16H,5-7H2,1-2H3.